The van der Waals surface area contributed by atoms with Gasteiger partial charge in [0, 0.05) is 12.1 Å². The maximum absolute atomic E-state index is 13.3. The number of halogens is 1. The zero-order valence-corrected chi connectivity index (χ0v) is 17.4. The Bertz CT molecular complexity index is 1020. The van der Waals surface area contributed by atoms with Crippen molar-refractivity contribution in [3.8, 4) is 5.75 Å². The van der Waals surface area contributed by atoms with Gasteiger partial charge in [-0.25, -0.2) is 4.79 Å². The van der Waals surface area contributed by atoms with Crippen LogP contribution in [0.5, 0.6) is 5.75 Å². The fourth-order valence-corrected chi connectivity index (χ4v) is 3.97. The summed E-state index contributed by atoms with van der Waals surface area (Å²) < 4.78 is 6.06. The third-order valence-corrected chi connectivity index (χ3v) is 5.79. The van der Waals surface area contributed by atoms with Gasteiger partial charge in [0.2, 0.25) is 12.1 Å². The number of carboxylic acids is 1. The first-order chi connectivity index (χ1) is 14.3. The third-order valence-electron chi connectivity index (χ3n) is 5.55. The van der Waals surface area contributed by atoms with Crippen molar-refractivity contribution in [2.24, 2.45) is 11.0 Å². The molecule has 7 nitrogen and oxygen atoms in total. The van der Waals surface area contributed by atoms with Crippen LogP contribution in [0.15, 0.2) is 53.6 Å². The monoisotopic (exact) mass is 427 g/mol. The van der Waals surface area contributed by atoms with Crippen molar-refractivity contribution in [3.05, 3.63) is 64.7 Å². The SMILES string of the molecule is CC1=NN(C)C(Oc2cccc(Cl)c2)C1C(=O)NC1(c2ccc(C(=O)O)cc2)CC1. The van der Waals surface area contributed by atoms with E-state index in [1.807, 2.05) is 6.92 Å². The predicted octanol–water partition coefficient (Wildman–Crippen LogP) is 3.49. The van der Waals surface area contributed by atoms with Crippen LogP contribution >= 0.6 is 11.6 Å². The summed E-state index contributed by atoms with van der Waals surface area (Å²) in [5.74, 6) is -1.16. The van der Waals surface area contributed by atoms with Gasteiger partial charge in [0.15, 0.2) is 0 Å². The number of ether oxygens (including phenoxy) is 1. The van der Waals surface area contributed by atoms with E-state index < -0.39 is 23.7 Å². The van der Waals surface area contributed by atoms with E-state index in [0.717, 1.165) is 18.4 Å². The normalized spacial score (nSPS) is 21.7. The average molecular weight is 428 g/mol. The Morgan fingerprint density at radius 1 is 1.23 bits per heavy atom. The minimum absolute atomic E-state index is 0.174. The number of nitrogens with zero attached hydrogens (tertiary/aromatic N) is 2. The van der Waals surface area contributed by atoms with E-state index in [4.69, 9.17) is 21.4 Å². The van der Waals surface area contributed by atoms with Crippen LogP contribution in [0.25, 0.3) is 0 Å². The number of hydrogen-bond donors (Lipinski definition) is 2. The molecule has 4 rings (SSSR count). The zero-order chi connectivity index (χ0) is 21.5. The van der Waals surface area contributed by atoms with Crippen LogP contribution in [-0.4, -0.2) is 41.0 Å². The molecule has 2 unspecified atom stereocenters. The van der Waals surface area contributed by atoms with Crippen LogP contribution < -0.4 is 10.1 Å². The Kier molecular flexibility index (Phi) is 5.15. The molecule has 2 N–H and O–H groups in total. The van der Waals surface area contributed by atoms with Crippen molar-refractivity contribution in [1.82, 2.24) is 10.3 Å². The van der Waals surface area contributed by atoms with Gasteiger partial charge in [-0.1, -0.05) is 29.8 Å². The molecule has 2 atom stereocenters. The molecule has 0 spiro atoms. The van der Waals surface area contributed by atoms with Crippen LogP contribution in [0, 0.1) is 5.92 Å². The summed E-state index contributed by atoms with van der Waals surface area (Å²) in [6.07, 6.45) is 1.00. The molecule has 0 radical (unpaired) electrons. The van der Waals surface area contributed by atoms with E-state index in [1.54, 1.807) is 60.6 Å². The molecule has 2 aromatic rings. The van der Waals surface area contributed by atoms with Gasteiger partial charge in [-0.3, -0.25) is 9.80 Å². The van der Waals surface area contributed by atoms with E-state index in [2.05, 4.69) is 10.4 Å². The molecule has 0 bridgehead atoms. The van der Waals surface area contributed by atoms with E-state index in [0.29, 0.717) is 16.5 Å². The number of amides is 1. The standard InChI is InChI=1S/C22H22ClN3O4/c1-13-18(20(26(2)25-13)30-17-5-3-4-16(23)12-17)19(27)24-22(10-11-22)15-8-6-14(7-9-15)21(28)29/h3-9,12,18,20H,10-11H2,1-2H3,(H,24,27)(H,28,29). The first-order valence-corrected chi connectivity index (χ1v) is 10.0. The number of hydrogen-bond acceptors (Lipinski definition) is 5. The van der Waals surface area contributed by atoms with Crippen LogP contribution in [0.4, 0.5) is 0 Å². The lowest BCUT2D eigenvalue weighted by atomic mass is 9.98. The smallest absolute Gasteiger partial charge is 0.335 e. The minimum Gasteiger partial charge on any atom is -0.478 e. The van der Waals surface area contributed by atoms with Gasteiger partial charge in [0.05, 0.1) is 16.8 Å². The van der Waals surface area contributed by atoms with Crippen molar-refractivity contribution in [3.63, 3.8) is 0 Å². The Labute approximate surface area is 179 Å². The quantitative estimate of drug-likeness (QED) is 0.736. The largest absolute Gasteiger partial charge is 0.478 e. The second-order valence-electron chi connectivity index (χ2n) is 7.71. The number of carbonyl (C=O) groups excluding carboxylic acids is 1. The summed E-state index contributed by atoms with van der Waals surface area (Å²) in [5.41, 5.74) is 1.31. The summed E-state index contributed by atoms with van der Waals surface area (Å²) in [4.78, 5) is 24.3. The second-order valence-corrected chi connectivity index (χ2v) is 8.15. The molecule has 8 heteroatoms. The topological polar surface area (TPSA) is 91.2 Å². The lowest BCUT2D eigenvalue weighted by Crippen LogP contribution is -2.48. The Morgan fingerprint density at radius 2 is 1.93 bits per heavy atom. The predicted molar refractivity (Wildman–Crippen MR) is 113 cm³/mol. The number of rotatable bonds is 6. The number of hydrazone groups is 1. The van der Waals surface area contributed by atoms with Crippen molar-refractivity contribution < 1.29 is 19.4 Å². The molecule has 1 amide bonds. The number of carboxylic acid groups (broad SMARTS) is 1. The van der Waals surface area contributed by atoms with E-state index in [1.165, 1.54) is 0 Å². The lowest BCUT2D eigenvalue weighted by molar-refractivity contribution is -0.128. The van der Waals surface area contributed by atoms with E-state index in [9.17, 15) is 9.59 Å². The Morgan fingerprint density at radius 3 is 2.53 bits per heavy atom. The minimum atomic E-state index is -0.975. The lowest BCUT2D eigenvalue weighted by Gasteiger charge is -2.27. The van der Waals surface area contributed by atoms with Crippen LogP contribution in [0.1, 0.15) is 35.7 Å². The molecule has 1 aliphatic carbocycles. The Balaban J connectivity index is 1.52. The number of nitrogens with one attached hydrogen (secondary N) is 1. The summed E-state index contributed by atoms with van der Waals surface area (Å²) in [7, 11) is 1.77. The number of carbonyl (C=O) groups is 2. The molecule has 1 saturated carbocycles. The first-order valence-electron chi connectivity index (χ1n) is 9.65. The summed E-state index contributed by atoms with van der Waals surface area (Å²) >= 11 is 6.05. The molecular weight excluding hydrogens is 406 g/mol. The van der Waals surface area contributed by atoms with Crippen molar-refractivity contribution >= 4 is 29.2 Å². The molecule has 0 aromatic heterocycles. The van der Waals surface area contributed by atoms with Crippen LogP contribution in [0.3, 0.4) is 0 Å². The fraction of sp³-hybridized carbons (Fsp3) is 0.318. The highest BCUT2D eigenvalue weighted by atomic mass is 35.5. The molecule has 1 heterocycles. The van der Waals surface area contributed by atoms with Gasteiger partial charge in [0.25, 0.3) is 0 Å². The zero-order valence-electron chi connectivity index (χ0n) is 16.6. The van der Waals surface area contributed by atoms with Gasteiger partial charge in [-0.15, -0.1) is 0 Å². The highest BCUT2D eigenvalue weighted by Crippen LogP contribution is 2.46. The molecule has 2 aromatic carbocycles. The molecule has 156 valence electrons. The summed E-state index contributed by atoms with van der Waals surface area (Å²) in [6, 6.07) is 13.7. The van der Waals surface area contributed by atoms with Crippen molar-refractivity contribution in [2.45, 2.75) is 31.5 Å². The van der Waals surface area contributed by atoms with Gasteiger partial charge < -0.3 is 15.2 Å². The average Bonchev–Trinajstić information content (AvgIpc) is 3.42. The first kappa shape index (κ1) is 20.2. The molecule has 1 fully saturated rings. The van der Waals surface area contributed by atoms with Crippen LogP contribution in [0.2, 0.25) is 5.02 Å². The highest BCUT2D eigenvalue weighted by molar-refractivity contribution is 6.30. The maximum atomic E-state index is 13.3. The molecular formula is C22H22ClN3O4. The number of benzene rings is 2. The summed E-state index contributed by atoms with van der Waals surface area (Å²) in [6.45, 7) is 1.81. The Hall–Kier alpha value is -3.06. The van der Waals surface area contributed by atoms with Gasteiger partial charge in [0.1, 0.15) is 11.7 Å². The van der Waals surface area contributed by atoms with Crippen LogP contribution in [-0.2, 0) is 10.3 Å². The molecule has 1 aliphatic heterocycles. The summed E-state index contributed by atoms with van der Waals surface area (Å²) in [5, 5.41) is 18.8. The van der Waals surface area contributed by atoms with E-state index in [-0.39, 0.29) is 11.5 Å². The van der Waals surface area contributed by atoms with Crippen molar-refractivity contribution in [1.29, 1.82) is 0 Å². The molecule has 2 aliphatic rings. The van der Waals surface area contributed by atoms with Gasteiger partial charge >= 0.3 is 5.97 Å². The molecule has 0 saturated heterocycles. The van der Waals surface area contributed by atoms with Gasteiger partial charge in [-0.2, -0.15) is 5.10 Å². The molecule has 30 heavy (non-hydrogen) atoms. The number of aromatic carboxylic acids is 1. The van der Waals surface area contributed by atoms with Gasteiger partial charge in [-0.05, 0) is 55.7 Å². The maximum Gasteiger partial charge on any atom is 0.335 e. The third kappa shape index (κ3) is 3.85. The van der Waals surface area contributed by atoms with Crippen molar-refractivity contribution in [2.75, 3.05) is 7.05 Å². The second kappa shape index (κ2) is 7.65. The highest BCUT2D eigenvalue weighted by Gasteiger charge is 2.49. The fourth-order valence-electron chi connectivity index (χ4n) is 3.79. The van der Waals surface area contributed by atoms with E-state index >= 15 is 0 Å².